The highest BCUT2D eigenvalue weighted by molar-refractivity contribution is 6.76. The van der Waals surface area contributed by atoms with E-state index in [2.05, 4.69) is 26.6 Å². The monoisotopic (exact) mass is 171 g/mol. The minimum absolute atomic E-state index is 0.833. The second-order valence-electron chi connectivity index (χ2n) is 4.37. The lowest BCUT2D eigenvalue weighted by molar-refractivity contribution is 0.937. The zero-order valence-corrected chi connectivity index (χ0v) is 9.33. The smallest absolute Gasteiger partial charge is 0.0442 e. The summed E-state index contributed by atoms with van der Waals surface area (Å²) in [5, 5.41) is 7.46. The van der Waals surface area contributed by atoms with Gasteiger partial charge >= 0.3 is 0 Å². The summed E-state index contributed by atoms with van der Waals surface area (Å²) < 4.78 is 0. The van der Waals surface area contributed by atoms with Gasteiger partial charge in [-0.1, -0.05) is 39.0 Å². The fraction of sp³-hybridized carbons (Fsp3) is 0.889. The van der Waals surface area contributed by atoms with Gasteiger partial charge in [0.15, 0.2) is 0 Å². The van der Waals surface area contributed by atoms with Crippen LogP contribution in [0.3, 0.4) is 0 Å². The molecule has 0 rings (SSSR count). The molecule has 0 spiro atoms. The van der Waals surface area contributed by atoms with E-state index in [4.69, 9.17) is 5.41 Å². The summed E-state index contributed by atoms with van der Waals surface area (Å²) >= 11 is 0. The molecule has 0 aromatic carbocycles. The van der Waals surface area contributed by atoms with Crippen LogP contribution in [0.5, 0.6) is 0 Å². The molecular formula is C9H21NSi. The normalized spacial score (nSPS) is 11.6. The van der Waals surface area contributed by atoms with Crippen molar-refractivity contribution in [3.63, 3.8) is 0 Å². The van der Waals surface area contributed by atoms with E-state index in [9.17, 15) is 0 Å². The van der Waals surface area contributed by atoms with Gasteiger partial charge in [-0.3, -0.25) is 0 Å². The lowest BCUT2D eigenvalue weighted by Gasteiger charge is -2.14. The Morgan fingerprint density at radius 2 is 1.82 bits per heavy atom. The molecule has 0 amide bonds. The lowest BCUT2D eigenvalue weighted by Crippen LogP contribution is -2.19. The predicted octanol–water partition coefficient (Wildman–Crippen LogP) is 3.53. The third-order valence-corrected chi connectivity index (χ3v) is 3.69. The van der Waals surface area contributed by atoms with Gasteiger partial charge < -0.3 is 5.41 Å². The summed E-state index contributed by atoms with van der Waals surface area (Å²) in [7, 11) is -0.833. The lowest BCUT2D eigenvalue weighted by atomic mass is 10.2. The zero-order chi connectivity index (χ0) is 8.91. The topological polar surface area (TPSA) is 23.9 Å². The third kappa shape index (κ3) is 7.79. The average Bonchev–Trinajstić information content (AvgIpc) is 1.85. The van der Waals surface area contributed by atoms with Crippen LogP contribution in [0.15, 0.2) is 0 Å². The van der Waals surface area contributed by atoms with E-state index in [1.807, 2.05) is 0 Å². The van der Waals surface area contributed by atoms with Crippen LogP contribution in [0.2, 0.25) is 25.7 Å². The molecule has 0 aromatic rings. The second kappa shape index (κ2) is 4.70. The Balaban J connectivity index is 3.35. The number of hydrogen-bond acceptors (Lipinski definition) is 1. The van der Waals surface area contributed by atoms with Crippen molar-refractivity contribution in [2.75, 3.05) is 0 Å². The first kappa shape index (κ1) is 10.9. The Morgan fingerprint density at radius 3 is 2.18 bits per heavy atom. The highest BCUT2D eigenvalue weighted by Gasteiger charge is 2.11. The van der Waals surface area contributed by atoms with E-state index in [1.165, 1.54) is 12.5 Å². The van der Waals surface area contributed by atoms with E-state index in [-0.39, 0.29) is 0 Å². The van der Waals surface area contributed by atoms with Gasteiger partial charge in [0.25, 0.3) is 0 Å². The van der Waals surface area contributed by atoms with Gasteiger partial charge in [-0.05, 0) is 12.8 Å². The second-order valence-corrected chi connectivity index (χ2v) is 9.99. The van der Waals surface area contributed by atoms with Crippen LogP contribution in [0.25, 0.3) is 0 Å². The van der Waals surface area contributed by atoms with E-state index >= 15 is 0 Å². The minimum atomic E-state index is -0.833. The molecule has 0 heterocycles. The van der Waals surface area contributed by atoms with Crippen LogP contribution >= 0.6 is 0 Å². The molecule has 1 N–H and O–H groups in total. The molecule has 66 valence electrons. The van der Waals surface area contributed by atoms with Crippen molar-refractivity contribution < 1.29 is 0 Å². The van der Waals surface area contributed by atoms with Crippen molar-refractivity contribution in [1.82, 2.24) is 0 Å². The quantitative estimate of drug-likeness (QED) is 0.483. The van der Waals surface area contributed by atoms with Crippen LogP contribution in [-0.4, -0.2) is 13.8 Å². The van der Waals surface area contributed by atoms with Gasteiger partial charge in [0, 0.05) is 13.8 Å². The van der Waals surface area contributed by atoms with Crippen molar-refractivity contribution in [3.8, 4) is 0 Å². The fourth-order valence-corrected chi connectivity index (χ4v) is 2.25. The first-order chi connectivity index (χ1) is 4.95. The molecule has 0 aliphatic carbocycles. The number of nitrogens with one attached hydrogen (secondary N) is 1. The molecular weight excluding hydrogens is 150 g/mol. The Hall–Kier alpha value is -0.113. The first-order valence-corrected chi connectivity index (χ1v) is 8.22. The summed E-state index contributed by atoms with van der Waals surface area (Å²) in [6, 6.07) is 1.37. The summed E-state index contributed by atoms with van der Waals surface area (Å²) in [6.07, 6.45) is 3.20. The molecule has 0 bridgehead atoms. The van der Waals surface area contributed by atoms with Gasteiger partial charge in [0.05, 0.1) is 0 Å². The highest BCUT2D eigenvalue weighted by atomic mass is 28.3. The molecule has 2 heteroatoms. The summed E-state index contributed by atoms with van der Waals surface area (Å²) in [5.74, 6) is 0. The molecule has 1 nitrogen and oxygen atoms in total. The van der Waals surface area contributed by atoms with Crippen LogP contribution in [0, 0.1) is 5.41 Å². The van der Waals surface area contributed by atoms with Crippen LogP contribution in [-0.2, 0) is 0 Å². The molecule has 0 fully saturated rings. The van der Waals surface area contributed by atoms with Gasteiger partial charge in [-0.15, -0.1) is 0 Å². The average molecular weight is 171 g/mol. The summed E-state index contributed by atoms with van der Waals surface area (Å²) in [4.78, 5) is 0. The van der Waals surface area contributed by atoms with Crippen LogP contribution in [0.1, 0.15) is 26.2 Å². The van der Waals surface area contributed by atoms with Gasteiger partial charge in [-0.2, -0.15) is 0 Å². The minimum Gasteiger partial charge on any atom is -0.310 e. The molecule has 0 radical (unpaired) electrons. The van der Waals surface area contributed by atoms with Gasteiger partial charge in [-0.25, -0.2) is 0 Å². The molecule has 0 aromatic heterocycles. The number of hydrogen-bond donors (Lipinski definition) is 1. The zero-order valence-electron chi connectivity index (χ0n) is 8.33. The Kier molecular flexibility index (Phi) is 4.65. The largest absolute Gasteiger partial charge is 0.310 e. The Labute approximate surface area is 71.7 Å². The van der Waals surface area contributed by atoms with Crippen molar-refractivity contribution in [3.05, 3.63) is 0 Å². The molecule has 0 atom stereocenters. The molecule has 11 heavy (non-hydrogen) atoms. The maximum Gasteiger partial charge on any atom is 0.0442 e. The number of rotatable bonds is 5. The SMILES string of the molecule is CCC(=N)CCC[Si](C)(C)C. The van der Waals surface area contributed by atoms with E-state index in [1.54, 1.807) is 0 Å². The van der Waals surface area contributed by atoms with Crippen molar-refractivity contribution >= 4 is 13.8 Å². The van der Waals surface area contributed by atoms with Gasteiger partial charge in [0.2, 0.25) is 0 Å². The van der Waals surface area contributed by atoms with Crippen molar-refractivity contribution in [2.45, 2.75) is 51.9 Å². The maximum atomic E-state index is 7.46. The van der Waals surface area contributed by atoms with E-state index in [0.29, 0.717) is 0 Å². The Bertz CT molecular complexity index is 124. The Morgan fingerprint density at radius 1 is 1.27 bits per heavy atom. The summed E-state index contributed by atoms with van der Waals surface area (Å²) in [6.45, 7) is 9.24. The third-order valence-electron chi connectivity index (χ3n) is 1.83. The van der Waals surface area contributed by atoms with E-state index in [0.717, 1.165) is 18.6 Å². The predicted molar refractivity (Wildman–Crippen MR) is 55.4 cm³/mol. The molecule has 0 aliphatic heterocycles. The molecule has 0 saturated heterocycles. The van der Waals surface area contributed by atoms with Crippen LogP contribution in [0.4, 0.5) is 0 Å². The first-order valence-electron chi connectivity index (χ1n) is 4.52. The fourth-order valence-electron chi connectivity index (χ4n) is 1.01. The maximum absolute atomic E-state index is 7.46. The van der Waals surface area contributed by atoms with E-state index < -0.39 is 8.07 Å². The van der Waals surface area contributed by atoms with Gasteiger partial charge in [0.1, 0.15) is 0 Å². The standard InChI is InChI=1S/C9H21NSi/c1-5-9(10)7-6-8-11(2,3)4/h10H,5-8H2,1-4H3. The van der Waals surface area contributed by atoms with Crippen molar-refractivity contribution in [2.24, 2.45) is 0 Å². The molecule has 0 saturated carbocycles. The van der Waals surface area contributed by atoms with Crippen molar-refractivity contribution in [1.29, 1.82) is 5.41 Å². The molecule has 0 aliphatic rings. The summed E-state index contributed by atoms with van der Waals surface area (Å²) in [5.41, 5.74) is 0.920. The highest BCUT2D eigenvalue weighted by Crippen LogP contribution is 2.13. The molecule has 0 unspecified atom stereocenters. The van der Waals surface area contributed by atoms with Crippen LogP contribution < -0.4 is 0 Å².